The number of fused-ring (bicyclic) bond motifs is 2. The van der Waals surface area contributed by atoms with Gasteiger partial charge in [0.15, 0.2) is 0 Å². The van der Waals surface area contributed by atoms with Gasteiger partial charge in [-0.05, 0) is 111 Å². The third-order valence-corrected chi connectivity index (χ3v) is 10.3. The summed E-state index contributed by atoms with van der Waals surface area (Å²) in [5, 5.41) is 5.00. The summed E-state index contributed by atoms with van der Waals surface area (Å²) in [4.78, 5) is 4.65. The molecule has 0 aliphatic heterocycles. The van der Waals surface area contributed by atoms with E-state index in [0.717, 1.165) is 38.6 Å². The zero-order valence-electron chi connectivity index (χ0n) is 29.0. The number of benzene rings is 9. The minimum absolute atomic E-state index is 0.992. The van der Waals surface area contributed by atoms with Crippen LogP contribution in [-0.2, 0) is 0 Å². The van der Waals surface area contributed by atoms with Crippen molar-refractivity contribution >= 4 is 71.6 Å². The van der Waals surface area contributed by atoms with Crippen LogP contribution in [0.15, 0.2) is 217 Å². The maximum Gasteiger partial charge on any atom is 0.0493 e. The van der Waals surface area contributed by atoms with Crippen molar-refractivity contribution in [3.63, 3.8) is 0 Å². The molecule has 0 spiro atoms. The largest absolute Gasteiger partial charge is 0.310 e. The molecule has 9 aromatic rings. The summed E-state index contributed by atoms with van der Waals surface area (Å²) in [5.41, 5.74) is 11.3. The average molecular weight is 744 g/mol. The Morgan fingerprint density at radius 1 is 0.283 bits per heavy atom. The van der Waals surface area contributed by atoms with Crippen LogP contribution in [0.4, 0.5) is 34.1 Å². The minimum atomic E-state index is 0.992. The fourth-order valence-corrected chi connectivity index (χ4v) is 7.87. The van der Waals surface area contributed by atoms with E-state index in [1.807, 2.05) is 0 Å². The predicted octanol–water partition coefficient (Wildman–Crippen LogP) is 15.0. The minimum Gasteiger partial charge on any atom is -0.310 e. The molecule has 0 heterocycles. The molecule has 53 heavy (non-hydrogen) atoms. The summed E-state index contributed by atoms with van der Waals surface area (Å²) in [6.45, 7) is 0. The molecular formula is C50H35BrN2. The normalized spacial score (nSPS) is 11.1. The van der Waals surface area contributed by atoms with E-state index >= 15 is 0 Å². The summed E-state index contributed by atoms with van der Waals surface area (Å²) < 4.78 is 0.992. The fraction of sp³-hybridized carbons (Fsp3) is 0. The standard InChI is InChI=1S/C50H35BrN2/c51-40-33-45(52(41-17-3-1-4-18-41)43-29-25-38(26-30-43)49-23-11-15-36-13-7-9-21-47(36)49)35-46(34-40)53(42-19-5-2-6-20-42)44-31-27-39(28-32-44)50-24-12-16-37-14-8-10-22-48(37)50/h1-35H. The van der Waals surface area contributed by atoms with Gasteiger partial charge in [-0.15, -0.1) is 0 Å². The Morgan fingerprint density at radius 3 is 1.08 bits per heavy atom. The first kappa shape index (κ1) is 32.5. The van der Waals surface area contributed by atoms with Crippen LogP contribution >= 0.6 is 15.9 Å². The molecule has 0 radical (unpaired) electrons. The van der Waals surface area contributed by atoms with Gasteiger partial charge < -0.3 is 9.80 Å². The van der Waals surface area contributed by atoms with Gasteiger partial charge >= 0.3 is 0 Å². The van der Waals surface area contributed by atoms with Crippen LogP contribution in [0, 0.1) is 0 Å². The van der Waals surface area contributed by atoms with Gasteiger partial charge in [0.1, 0.15) is 0 Å². The molecule has 0 aromatic heterocycles. The Morgan fingerprint density at radius 2 is 0.642 bits per heavy atom. The molecule has 3 heteroatoms. The molecular weight excluding hydrogens is 708 g/mol. The van der Waals surface area contributed by atoms with Gasteiger partial charge in [-0.3, -0.25) is 0 Å². The van der Waals surface area contributed by atoms with E-state index in [2.05, 4.69) is 238 Å². The molecule has 0 saturated carbocycles. The molecule has 252 valence electrons. The Kier molecular flexibility index (Phi) is 8.77. The van der Waals surface area contributed by atoms with E-state index in [-0.39, 0.29) is 0 Å². The van der Waals surface area contributed by atoms with Crippen molar-refractivity contribution in [2.45, 2.75) is 0 Å². The van der Waals surface area contributed by atoms with Crippen LogP contribution < -0.4 is 9.80 Å². The van der Waals surface area contributed by atoms with E-state index in [1.165, 1.54) is 43.8 Å². The summed E-state index contributed by atoms with van der Waals surface area (Å²) in [6.07, 6.45) is 0. The molecule has 2 nitrogen and oxygen atoms in total. The predicted molar refractivity (Wildman–Crippen MR) is 229 cm³/mol. The van der Waals surface area contributed by atoms with Gasteiger partial charge in [0.2, 0.25) is 0 Å². The number of rotatable bonds is 8. The lowest BCUT2D eigenvalue weighted by atomic mass is 9.98. The topological polar surface area (TPSA) is 6.48 Å². The van der Waals surface area contributed by atoms with Crippen LogP contribution in [0.25, 0.3) is 43.8 Å². The van der Waals surface area contributed by atoms with Gasteiger partial charge in [-0.25, -0.2) is 0 Å². The quantitative estimate of drug-likeness (QED) is 0.153. The Hall–Kier alpha value is -6.42. The van der Waals surface area contributed by atoms with E-state index in [9.17, 15) is 0 Å². The maximum atomic E-state index is 3.92. The first-order valence-corrected chi connectivity index (χ1v) is 18.7. The number of hydrogen-bond donors (Lipinski definition) is 0. The zero-order chi connectivity index (χ0) is 35.6. The molecule has 0 saturated heterocycles. The summed E-state index contributed by atoms with van der Waals surface area (Å²) in [5.74, 6) is 0. The summed E-state index contributed by atoms with van der Waals surface area (Å²) >= 11 is 3.92. The highest BCUT2D eigenvalue weighted by atomic mass is 79.9. The van der Waals surface area contributed by atoms with Gasteiger partial charge in [-0.1, -0.05) is 162 Å². The number of halogens is 1. The molecule has 0 N–H and O–H groups in total. The number of para-hydroxylation sites is 2. The molecule has 0 unspecified atom stereocenters. The van der Waals surface area contributed by atoms with Gasteiger partial charge in [-0.2, -0.15) is 0 Å². The smallest absolute Gasteiger partial charge is 0.0493 e. The van der Waals surface area contributed by atoms with Crippen molar-refractivity contribution in [3.8, 4) is 22.3 Å². The van der Waals surface area contributed by atoms with Crippen molar-refractivity contribution in [1.29, 1.82) is 0 Å². The average Bonchev–Trinajstić information content (AvgIpc) is 3.22. The molecule has 9 aromatic carbocycles. The molecule has 0 fully saturated rings. The summed E-state index contributed by atoms with van der Waals surface area (Å²) in [6, 6.07) is 75.9. The van der Waals surface area contributed by atoms with Crippen LogP contribution in [0.2, 0.25) is 0 Å². The highest BCUT2D eigenvalue weighted by Crippen LogP contribution is 2.43. The number of hydrogen-bond acceptors (Lipinski definition) is 2. The van der Waals surface area contributed by atoms with Gasteiger partial charge in [0.25, 0.3) is 0 Å². The highest BCUT2D eigenvalue weighted by Gasteiger charge is 2.19. The van der Waals surface area contributed by atoms with Crippen molar-refractivity contribution in [1.82, 2.24) is 0 Å². The van der Waals surface area contributed by atoms with E-state index < -0.39 is 0 Å². The SMILES string of the molecule is Brc1cc(N(c2ccccc2)c2ccc(-c3cccc4ccccc34)cc2)cc(N(c2ccccc2)c2ccc(-c3cccc4ccccc34)cc2)c1. The molecule has 0 atom stereocenters. The third-order valence-electron chi connectivity index (χ3n) is 9.86. The van der Waals surface area contributed by atoms with E-state index in [1.54, 1.807) is 0 Å². The van der Waals surface area contributed by atoms with Crippen molar-refractivity contribution < 1.29 is 0 Å². The van der Waals surface area contributed by atoms with Gasteiger partial charge in [0.05, 0.1) is 0 Å². The lowest BCUT2D eigenvalue weighted by molar-refractivity contribution is 1.24. The lowest BCUT2D eigenvalue weighted by Crippen LogP contribution is -2.13. The van der Waals surface area contributed by atoms with Crippen molar-refractivity contribution in [2.75, 3.05) is 9.80 Å². The molecule has 0 aliphatic carbocycles. The fourth-order valence-electron chi connectivity index (χ4n) is 7.40. The Bertz CT molecular complexity index is 2480. The van der Waals surface area contributed by atoms with Gasteiger partial charge in [0, 0.05) is 38.6 Å². The number of nitrogens with zero attached hydrogens (tertiary/aromatic N) is 2. The second kappa shape index (κ2) is 14.3. The van der Waals surface area contributed by atoms with E-state index in [0.29, 0.717) is 0 Å². The van der Waals surface area contributed by atoms with Crippen LogP contribution in [-0.4, -0.2) is 0 Å². The second-order valence-corrected chi connectivity index (χ2v) is 14.1. The highest BCUT2D eigenvalue weighted by molar-refractivity contribution is 9.10. The summed E-state index contributed by atoms with van der Waals surface area (Å²) in [7, 11) is 0. The molecule has 0 aliphatic rings. The first-order valence-electron chi connectivity index (χ1n) is 17.9. The molecule has 0 amide bonds. The van der Waals surface area contributed by atoms with Crippen LogP contribution in [0.3, 0.4) is 0 Å². The Balaban J connectivity index is 1.14. The van der Waals surface area contributed by atoms with Crippen molar-refractivity contribution in [3.05, 3.63) is 217 Å². The lowest BCUT2D eigenvalue weighted by Gasteiger charge is -2.30. The maximum absolute atomic E-state index is 3.92. The third kappa shape index (κ3) is 6.48. The molecule has 0 bridgehead atoms. The monoisotopic (exact) mass is 742 g/mol. The second-order valence-electron chi connectivity index (χ2n) is 13.2. The van der Waals surface area contributed by atoms with Crippen LogP contribution in [0.1, 0.15) is 0 Å². The van der Waals surface area contributed by atoms with Crippen molar-refractivity contribution in [2.24, 2.45) is 0 Å². The molecule has 9 rings (SSSR count). The first-order chi connectivity index (χ1) is 26.2. The zero-order valence-corrected chi connectivity index (χ0v) is 30.6. The van der Waals surface area contributed by atoms with E-state index in [4.69, 9.17) is 0 Å². The Labute approximate surface area is 319 Å². The number of anilines is 6. The van der Waals surface area contributed by atoms with Crippen LogP contribution in [0.5, 0.6) is 0 Å².